The molecule has 1 aliphatic rings. The maximum absolute atomic E-state index is 12.6. The number of rotatable bonds is 4. The molecule has 1 heterocycles. The Hall–Kier alpha value is -0.480. The van der Waals surface area contributed by atoms with Crippen molar-refractivity contribution in [1.29, 1.82) is 0 Å². The van der Waals surface area contributed by atoms with Crippen molar-refractivity contribution < 1.29 is 4.79 Å². The lowest BCUT2D eigenvalue weighted by atomic mass is 9.99. The molecule has 6 heteroatoms. The molecule has 0 aliphatic carbocycles. The fourth-order valence-corrected chi connectivity index (χ4v) is 3.49. The van der Waals surface area contributed by atoms with Gasteiger partial charge in [0.05, 0.1) is 0 Å². The molecule has 1 aromatic carbocycles. The summed E-state index contributed by atoms with van der Waals surface area (Å²) in [6.07, 6.45) is 1.63. The van der Waals surface area contributed by atoms with E-state index < -0.39 is 0 Å². The summed E-state index contributed by atoms with van der Waals surface area (Å²) in [7, 11) is 0. The molecule has 0 aromatic heterocycles. The zero-order chi connectivity index (χ0) is 15.6. The van der Waals surface area contributed by atoms with Gasteiger partial charge in [-0.1, -0.05) is 36.2 Å². The van der Waals surface area contributed by atoms with E-state index in [0.29, 0.717) is 28.9 Å². The van der Waals surface area contributed by atoms with Gasteiger partial charge in [0.2, 0.25) is 5.91 Å². The number of carbonyl (C=O) groups is 1. The third kappa shape index (κ3) is 4.51. The number of halogens is 3. The molecular weight excluding hydrogens is 343 g/mol. The molecule has 0 spiro atoms. The molecule has 1 aliphatic heterocycles. The van der Waals surface area contributed by atoms with Crippen molar-refractivity contribution >= 4 is 41.5 Å². The molecule has 1 amide bonds. The molecule has 3 unspecified atom stereocenters. The molecule has 3 nitrogen and oxygen atoms in total. The van der Waals surface area contributed by atoms with Crippen molar-refractivity contribution in [3.05, 3.63) is 33.8 Å². The van der Waals surface area contributed by atoms with Crippen molar-refractivity contribution in [3.8, 4) is 0 Å². The normalized spacial score (nSPS) is 22.3. The van der Waals surface area contributed by atoms with Crippen LogP contribution in [0.2, 0.25) is 10.0 Å². The van der Waals surface area contributed by atoms with Crippen molar-refractivity contribution in [2.45, 2.75) is 32.7 Å². The van der Waals surface area contributed by atoms with Crippen LogP contribution in [-0.2, 0) is 11.2 Å². The minimum atomic E-state index is -0.0948. The molecule has 0 bridgehead atoms. The number of carbonyl (C=O) groups excluding carboxylic acids is 1. The summed E-state index contributed by atoms with van der Waals surface area (Å²) in [6.45, 7) is 5.46. The van der Waals surface area contributed by atoms with Crippen LogP contribution in [0.1, 0.15) is 25.8 Å². The van der Waals surface area contributed by atoms with Crippen LogP contribution in [0.25, 0.3) is 0 Å². The van der Waals surface area contributed by atoms with E-state index in [1.807, 2.05) is 24.0 Å². The number of nitrogens with zero attached hydrogens (tertiary/aromatic N) is 1. The highest BCUT2D eigenvalue weighted by Gasteiger charge is 2.33. The summed E-state index contributed by atoms with van der Waals surface area (Å²) in [4.78, 5) is 14.6. The van der Waals surface area contributed by atoms with Gasteiger partial charge in [-0.2, -0.15) is 0 Å². The Kier molecular flexibility index (Phi) is 7.47. The van der Waals surface area contributed by atoms with Gasteiger partial charge in [0.15, 0.2) is 0 Å². The Balaban J connectivity index is 0.00000242. The number of benzene rings is 1. The van der Waals surface area contributed by atoms with Crippen LogP contribution in [0.5, 0.6) is 0 Å². The van der Waals surface area contributed by atoms with E-state index >= 15 is 0 Å². The molecule has 2 rings (SSSR count). The highest BCUT2D eigenvalue weighted by molar-refractivity contribution is 6.35. The predicted octanol–water partition coefficient (Wildman–Crippen LogP) is 3.79. The zero-order valence-electron chi connectivity index (χ0n) is 12.9. The Morgan fingerprint density at radius 3 is 2.68 bits per heavy atom. The number of amides is 1. The number of hydrogen-bond donors (Lipinski definition) is 1. The summed E-state index contributed by atoms with van der Waals surface area (Å²) < 4.78 is 0. The second-order valence-corrected chi connectivity index (χ2v) is 6.86. The smallest absolute Gasteiger partial charge is 0.225 e. The Labute approximate surface area is 148 Å². The van der Waals surface area contributed by atoms with Crippen molar-refractivity contribution in [3.63, 3.8) is 0 Å². The quantitative estimate of drug-likeness (QED) is 0.882. The summed E-state index contributed by atoms with van der Waals surface area (Å²) in [5.74, 6) is 0.516. The van der Waals surface area contributed by atoms with E-state index in [2.05, 4.69) is 6.92 Å². The van der Waals surface area contributed by atoms with Crippen LogP contribution >= 0.6 is 35.6 Å². The lowest BCUT2D eigenvalue weighted by Gasteiger charge is -2.25. The Bertz CT molecular complexity index is 524. The first kappa shape index (κ1) is 19.6. The van der Waals surface area contributed by atoms with Crippen LogP contribution in [0.4, 0.5) is 0 Å². The largest absolute Gasteiger partial charge is 0.339 e. The third-order valence-electron chi connectivity index (χ3n) is 4.24. The van der Waals surface area contributed by atoms with Gasteiger partial charge in [0, 0.05) is 28.5 Å². The van der Waals surface area contributed by atoms with Gasteiger partial charge in [0.1, 0.15) is 0 Å². The van der Waals surface area contributed by atoms with Gasteiger partial charge in [0.25, 0.3) is 0 Å². The number of likely N-dealkylation sites (tertiary alicyclic amines) is 1. The van der Waals surface area contributed by atoms with Crippen molar-refractivity contribution in [2.24, 2.45) is 17.6 Å². The van der Waals surface area contributed by atoms with Crippen LogP contribution < -0.4 is 5.73 Å². The first-order valence-electron chi connectivity index (χ1n) is 7.36. The van der Waals surface area contributed by atoms with Gasteiger partial charge >= 0.3 is 0 Å². The monoisotopic (exact) mass is 364 g/mol. The van der Waals surface area contributed by atoms with Crippen LogP contribution in [0, 0.1) is 11.8 Å². The van der Waals surface area contributed by atoms with Gasteiger partial charge in [-0.05, 0) is 49.9 Å². The summed E-state index contributed by atoms with van der Waals surface area (Å²) in [5, 5.41) is 1.23. The highest BCUT2D eigenvalue weighted by Crippen LogP contribution is 2.27. The molecule has 1 saturated heterocycles. The maximum Gasteiger partial charge on any atom is 0.225 e. The number of nitrogens with two attached hydrogens (primary N) is 1. The Morgan fingerprint density at radius 2 is 2.14 bits per heavy atom. The van der Waals surface area contributed by atoms with E-state index in [9.17, 15) is 4.79 Å². The van der Waals surface area contributed by atoms with Crippen LogP contribution in [0.3, 0.4) is 0 Å². The molecule has 124 valence electrons. The minimum absolute atomic E-state index is 0. The first-order chi connectivity index (χ1) is 9.92. The molecule has 1 fully saturated rings. The second-order valence-electron chi connectivity index (χ2n) is 6.02. The molecule has 22 heavy (non-hydrogen) atoms. The minimum Gasteiger partial charge on any atom is -0.339 e. The summed E-state index contributed by atoms with van der Waals surface area (Å²) in [5.41, 5.74) is 6.69. The van der Waals surface area contributed by atoms with E-state index in [-0.39, 0.29) is 30.3 Å². The van der Waals surface area contributed by atoms with E-state index in [0.717, 1.165) is 18.5 Å². The topological polar surface area (TPSA) is 46.3 Å². The van der Waals surface area contributed by atoms with Crippen LogP contribution in [0.15, 0.2) is 18.2 Å². The molecule has 3 atom stereocenters. The van der Waals surface area contributed by atoms with E-state index in [4.69, 9.17) is 28.9 Å². The van der Waals surface area contributed by atoms with Gasteiger partial charge < -0.3 is 10.6 Å². The SMILES string of the molecule is CC(Cc1ccc(Cl)cc1Cl)C(=O)N1CC(CN)CC1C.Cl. The standard InChI is InChI=1S/C16H22Cl2N2O.ClH/c1-10(5-13-3-4-14(17)7-15(13)18)16(21)20-9-12(8-19)6-11(20)2;/h3-4,7,10-12H,5-6,8-9,19H2,1-2H3;1H. The van der Waals surface area contributed by atoms with Gasteiger partial charge in [-0.3, -0.25) is 4.79 Å². The molecule has 1 aromatic rings. The average molecular weight is 366 g/mol. The summed E-state index contributed by atoms with van der Waals surface area (Å²) in [6, 6.07) is 5.70. The van der Waals surface area contributed by atoms with Crippen molar-refractivity contribution in [2.75, 3.05) is 13.1 Å². The highest BCUT2D eigenvalue weighted by atomic mass is 35.5. The summed E-state index contributed by atoms with van der Waals surface area (Å²) >= 11 is 12.1. The maximum atomic E-state index is 12.6. The molecule has 2 N–H and O–H groups in total. The van der Waals surface area contributed by atoms with Crippen LogP contribution in [-0.4, -0.2) is 29.9 Å². The molecule has 0 saturated carbocycles. The second kappa shape index (κ2) is 8.39. The lowest BCUT2D eigenvalue weighted by molar-refractivity contribution is -0.135. The van der Waals surface area contributed by atoms with Gasteiger partial charge in [-0.25, -0.2) is 0 Å². The third-order valence-corrected chi connectivity index (χ3v) is 4.83. The van der Waals surface area contributed by atoms with E-state index in [1.165, 1.54) is 0 Å². The van der Waals surface area contributed by atoms with E-state index in [1.54, 1.807) is 6.07 Å². The average Bonchev–Trinajstić information content (AvgIpc) is 2.82. The van der Waals surface area contributed by atoms with Gasteiger partial charge in [-0.15, -0.1) is 12.4 Å². The zero-order valence-corrected chi connectivity index (χ0v) is 15.2. The lowest BCUT2D eigenvalue weighted by Crippen LogP contribution is -2.38. The molecule has 0 radical (unpaired) electrons. The fourth-order valence-electron chi connectivity index (χ4n) is 3.01. The Morgan fingerprint density at radius 1 is 1.45 bits per heavy atom. The fraction of sp³-hybridized carbons (Fsp3) is 0.562. The van der Waals surface area contributed by atoms with Crippen molar-refractivity contribution in [1.82, 2.24) is 4.90 Å². The predicted molar refractivity (Wildman–Crippen MR) is 94.9 cm³/mol. The number of hydrogen-bond acceptors (Lipinski definition) is 2. The molecular formula is C16H23Cl3N2O. The first-order valence-corrected chi connectivity index (χ1v) is 8.12.